The van der Waals surface area contributed by atoms with Crippen LogP contribution in [-0.2, 0) is 17.9 Å². The van der Waals surface area contributed by atoms with Gasteiger partial charge in [0, 0.05) is 35.7 Å². The third kappa shape index (κ3) is 3.11. The molecule has 0 atom stereocenters. The van der Waals surface area contributed by atoms with E-state index in [1.807, 2.05) is 32.2 Å². The minimum Gasteiger partial charge on any atom is -0.381 e. The molecule has 1 aromatic heterocycles. The first-order valence-corrected chi connectivity index (χ1v) is 6.19. The Kier molecular flexibility index (Phi) is 4.36. The Labute approximate surface area is 107 Å². The normalized spacial score (nSPS) is 10.6. The van der Waals surface area contributed by atoms with Crippen LogP contribution in [0.5, 0.6) is 0 Å². The summed E-state index contributed by atoms with van der Waals surface area (Å²) < 4.78 is 5.46. The molecule has 0 saturated heterocycles. The average molecular weight is 245 g/mol. The molecule has 0 aliphatic rings. The number of hydrogen-bond acceptors (Lipinski definition) is 3. The van der Waals surface area contributed by atoms with E-state index in [2.05, 4.69) is 27.6 Å². The zero-order chi connectivity index (χ0) is 12.8. The van der Waals surface area contributed by atoms with Gasteiger partial charge in [0.15, 0.2) is 0 Å². The molecule has 0 fully saturated rings. The second-order valence-corrected chi connectivity index (χ2v) is 4.17. The fourth-order valence-corrected chi connectivity index (χ4v) is 1.77. The van der Waals surface area contributed by atoms with Crippen molar-refractivity contribution in [3.05, 3.63) is 47.3 Å². The second kappa shape index (κ2) is 6.21. The molecule has 2 N–H and O–H groups in total. The maximum Gasteiger partial charge on any atom is 0.0736 e. The summed E-state index contributed by atoms with van der Waals surface area (Å²) in [5.74, 6) is 0. The van der Waals surface area contributed by atoms with Crippen molar-refractivity contribution in [2.75, 3.05) is 11.9 Å². The lowest BCUT2D eigenvalue weighted by molar-refractivity contribution is 0.134. The fraction of sp³-hybridized carbons (Fsp3) is 0.357. The molecule has 0 aliphatic heterocycles. The maximum absolute atomic E-state index is 5.46. The van der Waals surface area contributed by atoms with Gasteiger partial charge in [-0.3, -0.25) is 5.10 Å². The third-order valence-corrected chi connectivity index (χ3v) is 2.88. The molecule has 2 aromatic rings. The predicted octanol–water partition coefficient (Wildman–Crippen LogP) is 2.87. The molecule has 96 valence electrons. The molecule has 0 unspecified atom stereocenters. The number of aromatic nitrogens is 2. The van der Waals surface area contributed by atoms with Crippen LogP contribution in [0, 0.1) is 6.92 Å². The van der Waals surface area contributed by atoms with E-state index in [1.165, 1.54) is 11.1 Å². The highest BCUT2D eigenvalue weighted by atomic mass is 16.5. The summed E-state index contributed by atoms with van der Waals surface area (Å²) in [6.45, 7) is 6.17. The number of hydrogen-bond donors (Lipinski definition) is 2. The summed E-state index contributed by atoms with van der Waals surface area (Å²) in [5, 5.41) is 10.4. The van der Waals surface area contributed by atoms with Gasteiger partial charge in [-0.1, -0.05) is 18.2 Å². The zero-order valence-corrected chi connectivity index (χ0v) is 10.9. The number of ether oxygens (including phenoxy) is 1. The SMILES string of the molecule is CCOCc1ccccc1NCc1cn[nH]c1C. The number of nitrogens with one attached hydrogen (secondary N) is 2. The van der Waals surface area contributed by atoms with E-state index in [9.17, 15) is 0 Å². The topological polar surface area (TPSA) is 49.9 Å². The van der Waals surface area contributed by atoms with Gasteiger partial charge >= 0.3 is 0 Å². The van der Waals surface area contributed by atoms with Crippen molar-refractivity contribution < 1.29 is 4.74 Å². The van der Waals surface area contributed by atoms with Gasteiger partial charge in [0.2, 0.25) is 0 Å². The summed E-state index contributed by atoms with van der Waals surface area (Å²) in [5.41, 5.74) is 4.58. The number of anilines is 1. The van der Waals surface area contributed by atoms with Gasteiger partial charge in [0.05, 0.1) is 12.8 Å². The second-order valence-electron chi connectivity index (χ2n) is 4.17. The molecule has 0 spiro atoms. The molecule has 18 heavy (non-hydrogen) atoms. The highest BCUT2D eigenvalue weighted by Gasteiger charge is 2.03. The van der Waals surface area contributed by atoms with Crippen molar-refractivity contribution in [3.8, 4) is 0 Å². The van der Waals surface area contributed by atoms with Crippen LogP contribution >= 0.6 is 0 Å². The van der Waals surface area contributed by atoms with E-state index >= 15 is 0 Å². The van der Waals surface area contributed by atoms with Crippen LogP contribution in [0.25, 0.3) is 0 Å². The van der Waals surface area contributed by atoms with Gasteiger partial charge in [-0.25, -0.2) is 0 Å². The first-order valence-electron chi connectivity index (χ1n) is 6.19. The number of H-pyrrole nitrogens is 1. The van der Waals surface area contributed by atoms with Crippen molar-refractivity contribution in [1.82, 2.24) is 10.2 Å². The molecule has 4 nitrogen and oxygen atoms in total. The van der Waals surface area contributed by atoms with Crippen LogP contribution < -0.4 is 5.32 Å². The number of benzene rings is 1. The largest absolute Gasteiger partial charge is 0.381 e. The number of nitrogens with zero attached hydrogens (tertiary/aromatic N) is 1. The minimum atomic E-state index is 0.643. The van der Waals surface area contributed by atoms with Gasteiger partial charge in [0.1, 0.15) is 0 Å². The Hall–Kier alpha value is -1.81. The summed E-state index contributed by atoms with van der Waals surface area (Å²) in [6, 6.07) is 8.21. The standard InChI is InChI=1S/C14H19N3O/c1-3-18-10-12-6-4-5-7-14(12)15-8-13-9-16-17-11(13)2/h4-7,9,15H,3,8,10H2,1-2H3,(H,16,17). The fourth-order valence-electron chi connectivity index (χ4n) is 1.77. The van der Waals surface area contributed by atoms with Crippen molar-refractivity contribution in [3.63, 3.8) is 0 Å². The predicted molar refractivity (Wildman–Crippen MR) is 72.4 cm³/mol. The Balaban J connectivity index is 2.02. The number of aryl methyl sites for hydroxylation is 1. The Morgan fingerprint density at radius 1 is 1.28 bits per heavy atom. The van der Waals surface area contributed by atoms with Crippen LogP contribution in [0.15, 0.2) is 30.5 Å². The summed E-state index contributed by atoms with van der Waals surface area (Å²) in [7, 11) is 0. The highest BCUT2D eigenvalue weighted by Crippen LogP contribution is 2.17. The highest BCUT2D eigenvalue weighted by molar-refractivity contribution is 5.51. The monoisotopic (exact) mass is 245 g/mol. The molecule has 4 heteroatoms. The number of para-hydroxylation sites is 1. The van der Waals surface area contributed by atoms with Crippen molar-refractivity contribution >= 4 is 5.69 Å². The smallest absolute Gasteiger partial charge is 0.0736 e. The lowest BCUT2D eigenvalue weighted by atomic mass is 10.1. The van der Waals surface area contributed by atoms with Gasteiger partial charge in [0.25, 0.3) is 0 Å². The van der Waals surface area contributed by atoms with Crippen LogP contribution in [-0.4, -0.2) is 16.8 Å². The van der Waals surface area contributed by atoms with Gasteiger partial charge in [-0.15, -0.1) is 0 Å². The first kappa shape index (κ1) is 12.6. The van der Waals surface area contributed by atoms with Crippen LogP contribution in [0.2, 0.25) is 0 Å². The first-order chi connectivity index (χ1) is 8.81. The quantitative estimate of drug-likeness (QED) is 0.822. The van der Waals surface area contributed by atoms with Crippen molar-refractivity contribution in [2.24, 2.45) is 0 Å². The minimum absolute atomic E-state index is 0.643. The molecule has 0 saturated carbocycles. The summed E-state index contributed by atoms with van der Waals surface area (Å²) >= 11 is 0. The van der Waals surface area contributed by atoms with Crippen LogP contribution in [0.1, 0.15) is 23.7 Å². The van der Waals surface area contributed by atoms with Gasteiger partial charge < -0.3 is 10.1 Å². The molecule has 0 aliphatic carbocycles. The molecule has 2 rings (SSSR count). The lowest BCUT2D eigenvalue weighted by Crippen LogP contribution is -2.04. The molecular weight excluding hydrogens is 226 g/mol. The van der Waals surface area contributed by atoms with E-state index in [-0.39, 0.29) is 0 Å². The van der Waals surface area contributed by atoms with E-state index in [1.54, 1.807) is 0 Å². The van der Waals surface area contributed by atoms with E-state index in [0.717, 1.165) is 24.5 Å². The van der Waals surface area contributed by atoms with E-state index in [0.29, 0.717) is 6.61 Å². The summed E-state index contributed by atoms with van der Waals surface area (Å²) in [6.07, 6.45) is 1.85. The molecule has 1 heterocycles. The van der Waals surface area contributed by atoms with E-state index in [4.69, 9.17) is 4.74 Å². The Morgan fingerprint density at radius 2 is 2.11 bits per heavy atom. The molecule has 0 bridgehead atoms. The van der Waals surface area contributed by atoms with Crippen molar-refractivity contribution in [2.45, 2.75) is 27.0 Å². The van der Waals surface area contributed by atoms with Gasteiger partial charge in [-0.05, 0) is 19.9 Å². The molecule has 0 radical (unpaired) electrons. The van der Waals surface area contributed by atoms with Crippen LogP contribution in [0.4, 0.5) is 5.69 Å². The number of aromatic amines is 1. The van der Waals surface area contributed by atoms with Crippen LogP contribution in [0.3, 0.4) is 0 Å². The van der Waals surface area contributed by atoms with Crippen molar-refractivity contribution in [1.29, 1.82) is 0 Å². The molecule has 1 aromatic carbocycles. The Bertz CT molecular complexity index is 493. The zero-order valence-electron chi connectivity index (χ0n) is 10.9. The Morgan fingerprint density at radius 3 is 2.83 bits per heavy atom. The van der Waals surface area contributed by atoms with Gasteiger partial charge in [-0.2, -0.15) is 5.10 Å². The average Bonchev–Trinajstić information content (AvgIpc) is 2.80. The lowest BCUT2D eigenvalue weighted by Gasteiger charge is -2.11. The number of rotatable bonds is 6. The molecule has 0 amide bonds. The van der Waals surface area contributed by atoms with E-state index < -0.39 is 0 Å². The summed E-state index contributed by atoms with van der Waals surface area (Å²) in [4.78, 5) is 0. The molecular formula is C14H19N3O. The maximum atomic E-state index is 5.46. The third-order valence-electron chi connectivity index (χ3n) is 2.88.